The first-order chi connectivity index (χ1) is 5.19. The molecule has 0 aromatic rings. The molecule has 0 unspecified atom stereocenters. The lowest BCUT2D eigenvalue weighted by molar-refractivity contribution is 0.824. The molecule has 3 heteroatoms. The molecule has 13 heavy (non-hydrogen) atoms. The molecule has 0 fully saturated rings. The summed E-state index contributed by atoms with van der Waals surface area (Å²) >= 11 is 0. The summed E-state index contributed by atoms with van der Waals surface area (Å²) < 4.78 is 0. The summed E-state index contributed by atoms with van der Waals surface area (Å²) in [4.78, 5) is 0. The minimum Gasteiger partial charge on any atom is -0.412 e. The van der Waals surface area contributed by atoms with E-state index in [0.717, 1.165) is 5.16 Å². The van der Waals surface area contributed by atoms with Gasteiger partial charge in [-0.1, -0.05) is 51.4 Å². The normalized spacial score (nSPS) is 13.5. The summed E-state index contributed by atoms with van der Waals surface area (Å²) in [5, 5.41) is 0.926. The van der Waals surface area contributed by atoms with Gasteiger partial charge in [0.05, 0.1) is 0 Å². The van der Waals surface area contributed by atoms with E-state index in [9.17, 15) is 0 Å². The summed E-state index contributed by atoms with van der Waals surface area (Å²) in [6.07, 6.45) is 4.69. The number of hydrogen-bond acceptors (Lipinski definition) is 0. The average Bonchev–Trinajstić information content (AvgIpc) is 1.77. The van der Waals surface area contributed by atoms with Gasteiger partial charge in [-0.05, 0) is 12.1 Å². The zero-order valence-corrected chi connectivity index (χ0v) is 12.2. The maximum Gasteiger partial charge on any atom is 0.0485 e. The van der Waals surface area contributed by atoms with Crippen molar-refractivity contribution in [2.24, 2.45) is 0 Å². The van der Waals surface area contributed by atoms with E-state index in [4.69, 9.17) is 0 Å². The first-order valence-corrected chi connectivity index (χ1v) is 12.0. The van der Waals surface area contributed by atoms with Crippen molar-refractivity contribution in [3.05, 3.63) is 12.2 Å². The Bertz CT molecular complexity index is 149. The Balaban J connectivity index is 0. The topological polar surface area (TPSA) is 31.5 Å². The van der Waals surface area contributed by atoms with Crippen LogP contribution in [0.15, 0.2) is 12.2 Å². The Kier molecular flexibility index (Phi) is 6.15. The molecule has 0 bridgehead atoms. The van der Waals surface area contributed by atoms with Gasteiger partial charge in [0.15, 0.2) is 0 Å². The molecule has 0 heterocycles. The van der Waals surface area contributed by atoms with Crippen LogP contribution in [0.5, 0.6) is 0 Å². The second kappa shape index (κ2) is 5.12. The maximum absolute atomic E-state index is 2.48. The van der Waals surface area contributed by atoms with Crippen LogP contribution in [-0.4, -0.2) is 21.6 Å². The van der Waals surface area contributed by atoms with Crippen molar-refractivity contribution in [2.45, 2.75) is 51.4 Å². The van der Waals surface area contributed by atoms with Crippen LogP contribution in [0.4, 0.5) is 0 Å². The van der Waals surface area contributed by atoms with Crippen LogP contribution in [0.25, 0.3) is 0 Å². The Labute approximate surface area is 85.6 Å². The molecular formula is C10H26OSi2. The zero-order chi connectivity index (χ0) is 9.99. The van der Waals surface area contributed by atoms with Gasteiger partial charge < -0.3 is 5.48 Å². The Morgan fingerprint density at radius 3 is 1.23 bits per heavy atom. The highest BCUT2D eigenvalue weighted by Crippen LogP contribution is 2.33. The third kappa shape index (κ3) is 5.44. The maximum atomic E-state index is 2.48. The Hall–Kier alpha value is 0.134. The highest BCUT2D eigenvalue weighted by Gasteiger charge is 2.34. The molecule has 80 valence electrons. The molecule has 0 spiro atoms. The predicted molar refractivity (Wildman–Crippen MR) is 68.9 cm³/mol. The van der Waals surface area contributed by atoms with Crippen molar-refractivity contribution in [3.8, 4) is 0 Å². The lowest BCUT2D eigenvalue weighted by Crippen LogP contribution is -2.42. The van der Waals surface area contributed by atoms with Crippen molar-refractivity contribution in [2.75, 3.05) is 0 Å². The molecule has 2 N–H and O–H groups in total. The largest absolute Gasteiger partial charge is 0.412 e. The van der Waals surface area contributed by atoms with Crippen LogP contribution in [0.2, 0.25) is 44.4 Å². The van der Waals surface area contributed by atoms with Crippen molar-refractivity contribution in [1.29, 1.82) is 0 Å². The highest BCUT2D eigenvalue weighted by molar-refractivity contribution is 6.96. The molecule has 0 atom stereocenters. The first kappa shape index (κ1) is 15.6. The molecular weight excluding hydrogens is 192 g/mol. The van der Waals surface area contributed by atoms with Gasteiger partial charge in [0.2, 0.25) is 0 Å². The van der Waals surface area contributed by atoms with E-state index in [2.05, 4.69) is 58.4 Å². The van der Waals surface area contributed by atoms with Crippen LogP contribution >= 0.6 is 0 Å². The van der Waals surface area contributed by atoms with Gasteiger partial charge >= 0.3 is 0 Å². The molecule has 0 radical (unpaired) electrons. The summed E-state index contributed by atoms with van der Waals surface area (Å²) in [6, 6.07) is 0. The minimum absolute atomic E-state index is 0. The average molecular weight is 218 g/mol. The van der Waals surface area contributed by atoms with Crippen molar-refractivity contribution >= 4 is 16.1 Å². The van der Waals surface area contributed by atoms with Gasteiger partial charge in [0, 0.05) is 16.1 Å². The molecule has 0 saturated carbocycles. The van der Waals surface area contributed by atoms with Crippen LogP contribution in [-0.2, 0) is 0 Å². The molecule has 0 aliphatic heterocycles. The third-order valence-electron chi connectivity index (χ3n) is 2.25. The quantitative estimate of drug-likeness (QED) is 0.514. The van der Waals surface area contributed by atoms with Crippen LogP contribution < -0.4 is 0 Å². The summed E-state index contributed by atoms with van der Waals surface area (Å²) in [7, 11) is -1.94. The lowest BCUT2D eigenvalue weighted by Gasteiger charge is -2.36. The summed E-state index contributed by atoms with van der Waals surface area (Å²) in [5.74, 6) is 0. The van der Waals surface area contributed by atoms with Gasteiger partial charge in [0.25, 0.3) is 0 Å². The number of hydrogen-bond donors (Lipinski definition) is 0. The molecule has 0 rings (SSSR count). The monoisotopic (exact) mass is 218 g/mol. The smallest absolute Gasteiger partial charge is 0.0485 e. The SMILES string of the molecule is C/C=C/C([Si](C)(C)C)[Si](C)(C)C.O. The molecule has 0 aliphatic rings. The first-order valence-electron chi connectivity index (χ1n) is 4.82. The van der Waals surface area contributed by atoms with E-state index in [1.807, 2.05) is 0 Å². The Morgan fingerprint density at radius 2 is 1.15 bits per heavy atom. The fourth-order valence-electron chi connectivity index (χ4n) is 2.07. The van der Waals surface area contributed by atoms with Crippen molar-refractivity contribution in [3.63, 3.8) is 0 Å². The summed E-state index contributed by atoms with van der Waals surface area (Å²) in [5.41, 5.74) is 0. The van der Waals surface area contributed by atoms with Gasteiger partial charge in [-0.15, -0.1) is 0 Å². The fraction of sp³-hybridized carbons (Fsp3) is 0.800. The van der Waals surface area contributed by atoms with Crippen LogP contribution in [0.3, 0.4) is 0 Å². The zero-order valence-electron chi connectivity index (χ0n) is 10.2. The standard InChI is InChI=1S/C10H24Si2.H2O/c1-8-9-10(11(2,3)4)12(5,6)7;/h8-10H,1-7H3;1H2/b9-8+;. The van der Waals surface area contributed by atoms with Crippen molar-refractivity contribution < 1.29 is 5.48 Å². The lowest BCUT2D eigenvalue weighted by atomic mass is 10.6. The van der Waals surface area contributed by atoms with Gasteiger partial charge in [0.1, 0.15) is 0 Å². The van der Waals surface area contributed by atoms with Crippen LogP contribution in [0, 0.1) is 0 Å². The molecule has 0 saturated heterocycles. The molecule has 0 aliphatic carbocycles. The molecule has 1 nitrogen and oxygen atoms in total. The number of rotatable bonds is 3. The molecule has 0 aromatic heterocycles. The van der Waals surface area contributed by atoms with E-state index >= 15 is 0 Å². The Morgan fingerprint density at radius 1 is 0.846 bits per heavy atom. The van der Waals surface area contributed by atoms with E-state index in [1.165, 1.54) is 0 Å². The van der Waals surface area contributed by atoms with Crippen molar-refractivity contribution in [1.82, 2.24) is 0 Å². The third-order valence-corrected chi connectivity index (χ3v) is 11.6. The van der Waals surface area contributed by atoms with Gasteiger partial charge in [-0.25, -0.2) is 0 Å². The molecule has 0 amide bonds. The van der Waals surface area contributed by atoms with E-state index < -0.39 is 16.1 Å². The van der Waals surface area contributed by atoms with Gasteiger partial charge in [-0.3, -0.25) is 0 Å². The highest BCUT2D eigenvalue weighted by atomic mass is 28.4. The van der Waals surface area contributed by atoms with E-state index in [1.54, 1.807) is 0 Å². The van der Waals surface area contributed by atoms with E-state index in [-0.39, 0.29) is 5.48 Å². The second-order valence-corrected chi connectivity index (χ2v) is 17.0. The fourth-order valence-corrected chi connectivity index (χ4v) is 14.0. The number of allylic oxidation sites excluding steroid dienone is 2. The molecule has 0 aromatic carbocycles. The minimum atomic E-state index is -0.968. The van der Waals surface area contributed by atoms with Crippen LogP contribution in [0.1, 0.15) is 6.92 Å². The summed E-state index contributed by atoms with van der Waals surface area (Å²) in [6.45, 7) is 17.0. The van der Waals surface area contributed by atoms with Gasteiger partial charge in [-0.2, -0.15) is 0 Å². The second-order valence-electron chi connectivity index (χ2n) is 5.74. The van der Waals surface area contributed by atoms with E-state index in [0.29, 0.717) is 0 Å². The predicted octanol–water partition coefficient (Wildman–Crippen LogP) is 3.32.